The van der Waals surface area contributed by atoms with E-state index in [9.17, 15) is 26.3 Å². The number of anilines is 4. The molecule has 0 bridgehead atoms. The van der Waals surface area contributed by atoms with Gasteiger partial charge in [-0.05, 0) is 89.1 Å². The summed E-state index contributed by atoms with van der Waals surface area (Å²) < 4.78 is 128. The maximum atomic E-state index is 15.2. The Hall–Kier alpha value is -8.40. The molecule has 1 aliphatic heterocycles. The van der Waals surface area contributed by atoms with Gasteiger partial charge in [-0.2, -0.15) is 26.3 Å². The number of halogens is 10. The Morgan fingerprint density at radius 3 is 1.18 bits per heavy atom. The molecule has 6 aromatic heterocycles. The molecule has 0 atom stereocenters. The molecule has 28 heteroatoms. The van der Waals surface area contributed by atoms with Gasteiger partial charge in [0.1, 0.15) is 45.7 Å². The van der Waals surface area contributed by atoms with Crippen molar-refractivity contribution in [1.29, 1.82) is 0 Å². The van der Waals surface area contributed by atoms with Crippen LogP contribution in [-0.4, -0.2) is 119 Å². The number of aromatic nitrogens is 10. The number of carbonyl (C=O) groups is 2. The van der Waals surface area contributed by atoms with Gasteiger partial charge in [-0.3, -0.25) is 9.80 Å². The molecular weight excluding hydrogens is 1050 g/mol. The number of rotatable bonds is 12. The molecule has 0 saturated carbocycles. The first-order valence-corrected chi connectivity index (χ1v) is 23.6. The van der Waals surface area contributed by atoms with Crippen molar-refractivity contribution in [2.45, 2.75) is 79.1 Å². The summed E-state index contributed by atoms with van der Waals surface area (Å²) in [5.74, 6) is -5.38. The van der Waals surface area contributed by atoms with Crippen molar-refractivity contribution in [3.8, 4) is 22.5 Å². The highest BCUT2D eigenvalue weighted by atomic mass is 19.4. The van der Waals surface area contributed by atoms with Gasteiger partial charge in [0.05, 0.1) is 23.4 Å². The van der Waals surface area contributed by atoms with Crippen LogP contribution < -0.4 is 10.6 Å². The van der Waals surface area contributed by atoms with Gasteiger partial charge < -0.3 is 30.0 Å². The zero-order chi connectivity index (χ0) is 57.0. The summed E-state index contributed by atoms with van der Waals surface area (Å²) in [6.45, 7) is 16.5. The quantitative estimate of drug-likeness (QED) is 0.0836. The average molecular weight is 1100 g/mol. The van der Waals surface area contributed by atoms with Crippen molar-refractivity contribution < 1.29 is 63.7 Å². The van der Waals surface area contributed by atoms with Crippen LogP contribution in [0.3, 0.4) is 0 Å². The molecule has 78 heavy (non-hydrogen) atoms. The molecule has 412 valence electrons. The number of nitrogens with zero attached hydrogens (tertiary/aromatic N) is 12. The number of carboxylic acid groups (broad SMARTS) is 2. The Morgan fingerprint density at radius 2 is 0.885 bits per heavy atom. The lowest BCUT2D eigenvalue weighted by molar-refractivity contribution is -0.193. The fourth-order valence-electron chi connectivity index (χ4n) is 8.41. The summed E-state index contributed by atoms with van der Waals surface area (Å²) in [7, 11) is 0. The highest BCUT2D eigenvalue weighted by Gasteiger charge is 2.39. The number of fused-ring (bicyclic) bond motifs is 2. The number of aliphatic carboxylic acids is 2. The Kier molecular flexibility index (Phi) is 17.2. The fourth-order valence-corrected chi connectivity index (χ4v) is 8.41. The first-order chi connectivity index (χ1) is 36.7. The number of carboxylic acids is 2. The summed E-state index contributed by atoms with van der Waals surface area (Å²) in [5, 5.41) is 20.3. The van der Waals surface area contributed by atoms with Gasteiger partial charge in [0.25, 0.3) is 0 Å². The Labute approximate surface area is 436 Å². The lowest BCUT2D eigenvalue weighted by Gasteiger charge is -2.34. The van der Waals surface area contributed by atoms with E-state index >= 15 is 17.6 Å². The second-order valence-corrected chi connectivity index (χ2v) is 18.2. The first-order valence-electron chi connectivity index (χ1n) is 23.6. The number of pyridine rings is 2. The maximum Gasteiger partial charge on any atom is 0.490 e. The highest BCUT2D eigenvalue weighted by molar-refractivity contribution is 5.84. The number of imidazole rings is 2. The number of alkyl halides is 6. The summed E-state index contributed by atoms with van der Waals surface area (Å²) in [6, 6.07) is 13.6. The number of benzene rings is 2. The van der Waals surface area contributed by atoms with Gasteiger partial charge in [-0.25, -0.2) is 67.0 Å². The lowest BCUT2D eigenvalue weighted by atomic mass is 10.1. The second kappa shape index (κ2) is 23.5. The van der Waals surface area contributed by atoms with Crippen LogP contribution in [0.15, 0.2) is 73.3 Å². The molecule has 8 aromatic rings. The van der Waals surface area contributed by atoms with Gasteiger partial charge in [0.2, 0.25) is 11.9 Å². The third-order valence-corrected chi connectivity index (χ3v) is 11.8. The monoisotopic (exact) mass is 1100 g/mol. The van der Waals surface area contributed by atoms with E-state index in [1.54, 1.807) is 24.5 Å². The maximum absolute atomic E-state index is 15.2. The van der Waals surface area contributed by atoms with Crippen LogP contribution in [0.5, 0.6) is 0 Å². The van der Waals surface area contributed by atoms with Crippen molar-refractivity contribution in [3.05, 3.63) is 119 Å². The normalized spacial score (nSPS) is 13.4. The van der Waals surface area contributed by atoms with Gasteiger partial charge in [0.15, 0.2) is 23.3 Å². The largest absolute Gasteiger partial charge is 0.490 e. The molecule has 18 nitrogen and oxygen atoms in total. The molecule has 4 N–H and O–H groups in total. The highest BCUT2D eigenvalue weighted by Crippen LogP contribution is 2.33. The number of nitrogens with one attached hydrogen (secondary N) is 2. The van der Waals surface area contributed by atoms with Crippen LogP contribution in [-0.2, 0) is 22.7 Å². The molecule has 0 unspecified atom stereocenters. The van der Waals surface area contributed by atoms with Crippen molar-refractivity contribution in [2.75, 3.05) is 36.8 Å². The molecule has 0 spiro atoms. The lowest BCUT2D eigenvalue weighted by Crippen LogP contribution is -2.45. The van der Waals surface area contributed by atoms with E-state index in [4.69, 9.17) is 19.8 Å². The van der Waals surface area contributed by atoms with Crippen molar-refractivity contribution in [2.24, 2.45) is 0 Å². The van der Waals surface area contributed by atoms with E-state index in [2.05, 4.69) is 60.3 Å². The molecule has 2 aromatic carbocycles. The van der Waals surface area contributed by atoms with Crippen molar-refractivity contribution in [3.63, 3.8) is 0 Å². The van der Waals surface area contributed by atoms with Crippen LogP contribution in [0.25, 0.3) is 44.6 Å². The summed E-state index contributed by atoms with van der Waals surface area (Å²) in [4.78, 5) is 57.4. The molecule has 0 radical (unpaired) electrons. The zero-order valence-corrected chi connectivity index (χ0v) is 42.2. The minimum atomic E-state index is -5.08. The average Bonchev–Trinajstić information content (AvgIpc) is 3.92. The number of aryl methyl sites for hydroxylation is 2. The predicted octanol–water partition coefficient (Wildman–Crippen LogP) is 10.5. The van der Waals surface area contributed by atoms with Crippen LogP contribution in [0, 0.1) is 37.1 Å². The van der Waals surface area contributed by atoms with Gasteiger partial charge in [-0.1, -0.05) is 12.1 Å². The molecule has 7 heterocycles. The third kappa shape index (κ3) is 13.8. The molecule has 1 aliphatic rings. The SMILES string of the molecule is Cc1nc2c(F)cc(-c3nc(Nc4ccc(CN5CCN(Cc6ccc(Nc7ncc(F)c(-c8cc(F)c9nc(C)n(C(C)C)c9c8)n7)nc6)CC5)cn4)ncc3F)cc2n1C(C)C.O=C(O)C(F)(F)F.O=C(O)C(F)(F)F. The van der Waals surface area contributed by atoms with Crippen molar-refractivity contribution in [1.82, 2.24) is 58.8 Å². The Morgan fingerprint density at radius 1 is 0.538 bits per heavy atom. The van der Waals surface area contributed by atoms with Gasteiger partial charge >= 0.3 is 24.3 Å². The molecule has 0 amide bonds. The Balaban J connectivity index is 0.000000558. The predicted molar refractivity (Wildman–Crippen MR) is 265 cm³/mol. The number of hydrogen-bond donors (Lipinski definition) is 4. The third-order valence-electron chi connectivity index (χ3n) is 11.8. The molecular formula is C50H48F10N14O4. The molecule has 0 aliphatic carbocycles. The van der Waals surface area contributed by atoms with Gasteiger partial charge in [0, 0.05) is 74.9 Å². The second-order valence-electron chi connectivity index (χ2n) is 18.2. The van der Waals surface area contributed by atoms with Crippen LogP contribution in [0.4, 0.5) is 67.4 Å². The topological polar surface area (TPSA) is 218 Å². The van der Waals surface area contributed by atoms with E-state index < -0.39 is 47.6 Å². The number of piperazine rings is 1. The van der Waals surface area contributed by atoms with Crippen LogP contribution >= 0.6 is 0 Å². The number of hydrogen-bond acceptors (Lipinski definition) is 14. The van der Waals surface area contributed by atoms with Gasteiger partial charge in [-0.15, -0.1) is 0 Å². The standard InChI is InChI=1S/C46H46F4N14.2C2HF3O2/c1-25(2)63-27(5)55-43-33(47)15-31(17-37(43)63)41-35(49)21-53-45(59-41)57-39-9-7-29(19-51-39)23-61-11-13-62(14-12-61)24-30-8-10-40(52-20-30)58-46-54-22-36(50)42(60-46)32-16-34(48)44-38(18-32)64(26(3)4)28(6)56-44;2*3-2(4,5)1(6)7/h7-10,15-22,25-26H,11-14,23-24H2,1-6H3,(H,51,53,57,59)(H,52,54,58,60);2*(H,6,7). The fraction of sp³-hybridized carbons (Fsp3) is 0.320. The minimum absolute atomic E-state index is 0.0311. The van der Waals surface area contributed by atoms with Crippen LogP contribution in [0.2, 0.25) is 0 Å². The summed E-state index contributed by atoms with van der Waals surface area (Å²) in [5.41, 5.74) is 4.18. The van der Waals surface area contributed by atoms with E-state index in [0.717, 1.165) is 62.8 Å². The molecule has 1 fully saturated rings. The minimum Gasteiger partial charge on any atom is -0.475 e. The smallest absolute Gasteiger partial charge is 0.475 e. The van der Waals surface area contributed by atoms with E-state index in [0.29, 0.717) is 34.3 Å². The Bertz CT molecular complexity index is 3230. The zero-order valence-electron chi connectivity index (χ0n) is 42.2. The first kappa shape index (κ1) is 57.3. The summed E-state index contributed by atoms with van der Waals surface area (Å²) >= 11 is 0. The van der Waals surface area contributed by atoms with Crippen LogP contribution in [0.1, 0.15) is 62.6 Å². The molecule has 1 saturated heterocycles. The van der Waals surface area contributed by atoms with E-state index in [-0.39, 0.29) is 57.5 Å². The van der Waals surface area contributed by atoms with E-state index in [1.807, 2.05) is 74.9 Å². The summed E-state index contributed by atoms with van der Waals surface area (Å²) in [6.07, 6.45) is -4.46. The molecule has 9 rings (SSSR count). The van der Waals surface area contributed by atoms with Crippen molar-refractivity contribution >= 4 is 57.5 Å². The van der Waals surface area contributed by atoms with E-state index in [1.165, 1.54) is 12.1 Å².